The van der Waals surface area contributed by atoms with E-state index in [-0.39, 0.29) is 11.9 Å². The maximum Gasteiger partial charge on any atom is 0.273 e. The summed E-state index contributed by atoms with van der Waals surface area (Å²) in [5.74, 6) is -0.0864. The van der Waals surface area contributed by atoms with E-state index in [1.165, 1.54) is 0 Å². The number of benzene rings is 2. The molecule has 2 aromatic carbocycles. The molecule has 0 saturated heterocycles. The van der Waals surface area contributed by atoms with Crippen molar-refractivity contribution in [2.45, 2.75) is 6.04 Å². The lowest BCUT2D eigenvalue weighted by Crippen LogP contribution is -2.32. The van der Waals surface area contributed by atoms with Crippen LogP contribution in [0.25, 0.3) is 11.3 Å². The van der Waals surface area contributed by atoms with Gasteiger partial charge in [0.05, 0.1) is 18.3 Å². The van der Waals surface area contributed by atoms with Crippen LogP contribution in [0.15, 0.2) is 54.6 Å². The third kappa shape index (κ3) is 2.69. The first-order valence-electron chi connectivity index (χ1n) is 8.40. The lowest BCUT2D eigenvalue weighted by atomic mass is 9.96. The fourth-order valence-electron chi connectivity index (χ4n) is 3.45. The van der Waals surface area contributed by atoms with E-state index in [9.17, 15) is 4.79 Å². The maximum absolute atomic E-state index is 13.0. The molecule has 132 valence electrons. The number of halogens is 1. The summed E-state index contributed by atoms with van der Waals surface area (Å²) in [5.41, 5.74) is 4.01. The van der Waals surface area contributed by atoms with Crippen LogP contribution >= 0.6 is 11.6 Å². The van der Waals surface area contributed by atoms with Crippen LogP contribution in [0.2, 0.25) is 5.02 Å². The highest BCUT2D eigenvalue weighted by Crippen LogP contribution is 2.44. The average Bonchev–Trinajstić information content (AvgIpc) is 3.21. The highest BCUT2D eigenvalue weighted by atomic mass is 35.5. The summed E-state index contributed by atoms with van der Waals surface area (Å²) in [7, 11) is 1.63. The lowest BCUT2D eigenvalue weighted by molar-refractivity contribution is 0.0677. The molecule has 2 heterocycles. The van der Waals surface area contributed by atoms with Crippen LogP contribution in [0.1, 0.15) is 27.7 Å². The molecule has 0 spiro atoms. The van der Waals surface area contributed by atoms with Gasteiger partial charge < -0.3 is 9.64 Å². The standard InChI is InChI=1S/C20H18ClN3O2/c1-26-12-11-24-19(14-9-5-6-10-15(14)21)16-17(13-7-3-2-4-8-13)22-23-18(16)20(24)25/h2-10,19H,11-12H2,1H3,(H,22,23). The van der Waals surface area contributed by atoms with Crippen LogP contribution in [0.3, 0.4) is 0 Å². The Morgan fingerprint density at radius 1 is 1.15 bits per heavy atom. The average molecular weight is 368 g/mol. The number of aromatic amines is 1. The van der Waals surface area contributed by atoms with E-state index in [0.29, 0.717) is 23.9 Å². The van der Waals surface area contributed by atoms with Crippen molar-refractivity contribution in [1.82, 2.24) is 15.1 Å². The smallest absolute Gasteiger partial charge is 0.273 e. The number of carbonyl (C=O) groups excluding carboxylic acids is 1. The van der Waals surface area contributed by atoms with Gasteiger partial charge in [-0.05, 0) is 11.6 Å². The first-order valence-corrected chi connectivity index (χ1v) is 8.78. The summed E-state index contributed by atoms with van der Waals surface area (Å²) >= 11 is 6.48. The van der Waals surface area contributed by atoms with Crippen molar-refractivity contribution in [3.05, 3.63) is 76.4 Å². The third-order valence-corrected chi connectivity index (χ3v) is 4.99. The normalized spacial score (nSPS) is 16.2. The second-order valence-electron chi connectivity index (χ2n) is 6.14. The van der Waals surface area contributed by atoms with Gasteiger partial charge >= 0.3 is 0 Å². The summed E-state index contributed by atoms with van der Waals surface area (Å²) in [6.45, 7) is 0.924. The summed E-state index contributed by atoms with van der Waals surface area (Å²) in [4.78, 5) is 14.8. The van der Waals surface area contributed by atoms with Crippen LogP contribution in [-0.4, -0.2) is 41.3 Å². The van der Waals surface area contributed by atoms with Crippen LogP contribution < -0.4 is 0 Å². The van der Waals surface area contributed by atoms with Crippen molar-refractivity contribution < 1.29 is 9.53 Å². The zero-order valence-corrected chi connectivity index (χ0v) is 15.0. The van der Waals surface area contributed by atoms with Gasteiger partial charge in [-0.25, -0.2) is 0 Å². The Morgan fingerprint density at radius 3 is 2.62 bits per heavy atom. The molecule has 1 aromatic heterocycles. The van der Waals surface area contributed by atoms with Gasteiger partial charge in [0.2, 0.25) is 0 Å². The van der Waals surface area contributed by atoms with Crippen LogP contribution in [0.5, 0.6) is 0 Å². The lowest BCUT2D eigenvalue weighted by Gasteiger charge is -2.26. The van der Waals surface area contributed by atoms with Gasteiger partial charge in [0.25, 0.3) is 5.91 Å². The van der Waals surface area contributed by atoms with Crippen molar-refractivity contribution in [2.75, 3.05) is 20.3 Å². The number of ether oxygens (including phenoxy) is 1. The maximum atomic E-state index is 13.0. The number of nitrogens with one attached hydrogen (secondary N) is 1. The van der Waals surface area contributed by atoms with E-state index in [4.69, 9.17) is 16.3 Å². The molecule has 0 aliphatic carbocycles. The summed E-state index contributed by atoms with van der Waals surface area (Å²) in [6.07, 6.45) is 0. The molecule has 26 heavy (non-hydrogen) atoms. The van der Waals surface area contributed by atoms with E-state index in [2.05, 4.69) is 10.2 Å². The van der Waals surface area contributed by atoms with Crippen LogP contribution in [0, 0.1) is 0 Å². The second kappa shape index (κ2) is 6.94. The molecular weight excluding hydrogens is 350 g/mol. The molecule has 0 saturated carbocycles. The molecule has 4 rings (SSSR count). The molecule has 3 aromatic rings. The van der Waals surface area contributed by atoms with E-state index in [0.717, 1.165) is 22.4 Å². The van der Waals surface area contributed by atoms with Gasteiger partial charge in [-0.15, -0.1) is 0 Å². The van der Waals surface area contributed by atoms with Gasteiger partial charge in [0.1, 0.15) is 5.69 Å². The highest BCUT2D eigenvalue weighted by Gasteiger charge is 2.42. The Bertz CT molecular complexity index is 939. The van der Waals surface area contributed by atoms with E-state index >= 15 is 0 Å². The Morgan fingerprint density at radius 2 is 1.88 bits per heavy atom. The number of aromatic nitrogens is 2. The topological polar surface area (TPSA) is 58.2 Å². The van der Waals surface area contributed by atoms with E-state index in [1.807, 2.05) is 54.6 Å². The predicted octanol–water partition coefficient (Wildman–Crippen LogP) is 3.92. The van der Waals surface area contributed by atoms with Crippen LogP contribution in [0.4, 0.5) is 0 Å². The summed E-state index contributed by atoms with van der Waals surface area (Å²) in [5, 5.41) is 7.99. The molecule has 5 nitrogen and oxygen atoms in total. The largest absolute Gasteiger partial charge is 0.383 e. The Balaban J connectivity index is 1.89. The highest BCUT2D eigenvalue weighted by molar-refractivity contribution is 6.31. The fraction of sp³-hybridized carbons (Fsp3) is 0.200. The van der Waals surface area contributed by atoms with Crippen molar-refractivity contribution in [3.8, 4) is 11.3 Å². The van der Waals surface area contributed by atoms with Gasteiger partial charge in [-0.2, -0.15) is 5.10 Å². The second-order valence-corrected chi connectivity index (χ2v) is 6.55. The number of nitrogens with zero attached hydrogens (tertiary/aromatic N) is 2. The van der Waals surface area contributed by atoms with Crippen molar-refractivity contribution in [1.29, 1.82) is 0 Å². The number of amides is 1. The minimum Gasteiger partial charge on any atom is -0.383 e. The van der Waals surface area contributed by atoms with E-state index in [1.54, 1.807) is 12.0 Å². The molecule has 1 atom stereocenters. The predicted molar refractivity (Wildman–Crippen MR) is 100 cm³/mol. The fourth-order valence-corrected chi connectivity index (χ4v) is 3.69. The molecule has 0 fully saturated rings. The molecule has 6 heteroatoms. The molecular formula is C20H18ClN3O2. The first-order chi connectivity index (χ1) is 12.7. The Kier molecular flexibility index (Phi) is 4.49. The molecule has 1 N–H and O–H groups in total. The zero-order valence-electron chi connectivity index (χ0n) is 14.3. The van der Waals surface area contributed by atoms with Gasteiger partial charge in [0, 0.05) is 29.8 Å². The van der Waals surface area contributed by atoms with Crippen molar-refractivity contribution in [3.63, 3.8) is 0 Å². The van der Waals surface area contributed by atoms with Crippen molar-refractivity contribution >= 4 is 17.5 Å². The molecule has 1 unspecified atom stereocenters. The number of H-pyrrole nitrogens is 1. The number of hydrogen-bond acceptors (Lipinski definition) is 3. The first kappa shape index (κ1) is 16.8. The van der Waals surface area contributed by atoms with Crippen molar-refractivity contribution in [2.24, 2.45) is 0 Å². The number of fused-ring (bicyclic) bond motifs is 1. The minimum absolute atomic E-state index is 0.0864. The Labute approximate surface area is 156 Å². The monoisotopic (exact) mass is 367 g/mol. The molecule has 1 aliphatic heterocycles. The molecule has 0 bridgehead atoms. The molecule has 1 amide bonds. The van der Waals surface area contributed by atoms with E-state index < -0.39 is 0 Å². The zero-order chi connectivity index (χ0) is 18.1. The van der Waals surface area contributed by atoms with Gasteiger partial charge in [0.15, 0.2) is 0 Å². The SMILES string of the molecule is COCCN1C(=O)c2[nH]nc(-c3ccccc3)c2C1c1ccccc1Cl. The number of hydrogen-bond donors (Lipinski definition) is 1. The van der Waals surface area contributed by atoms with Gasteiger partial charge in [-0.3, -0.25) is 9.89 Å². The summed E-state index contributed by atoms with van der Waals surface area (Å²) < 4.78 is 5.20. The van der Waals surface area contributed by atoms with Crippen LogP contribution in [-0.2, 0) is 4.74 Å². The number of carbonyl (C=O) groups is 1. The Hall–Kier alpha value is -2.63. The number of rotatable bonds is 5. The molecule has 1 aliphatic rings. The van der Waals surface area contributed by atoms with Gasteiger partial charge in [-0.1, -0.05) is 60.1 Å². The quantitative estimate of drug-likeness (QED) is 0.743. The molecule has 0 radical (unpaired) electrons. The minimum atomic E-state index is -0.296. The summed E-state index contributed by atoms with van der Waals surface area (Å²) in [6, 6.07) is 17.2. The third-order valence-electron chi connectivity index (χ3n) is 4.65. The number of methoxy groups -OCH3 is 1.